The lowest BCUT2D eigenvalue weighted by molar-refractivity contribution is 1.42. The molecule has 0 fully saturated rings. The molecule has 0 aliphatic carbocycles. The zero-order chi connectivity index (χ0) is 8.43. The van der Waals surface area contributed by atoms with Gasteiger partial charge in [-0.25, -0.2) is 0 Å². The third-order valence-electron chi connectivity index (χ3n) is 1.44. The van der Waals surface area contributed by atoms with E-state index in [1.165, 1.54) is 0 Å². The highest BCUT2D eigenvalue weighted by molar-refractivity contribution is 6.36. The second kappa shape index (κ2) is 3.13. The van der Waals surface area contributed by atoms with Gasteiger partial charge in [0.25, 0.3) is 0 Å². The molecule has 0 radical (unpaired) electrons. The van der Waals surface area contributed by atoms with Crippen LogP contribution in [0.4, 0.5) is 0 Å². The average Bonchev–Trinajstić information content (AvgIpc) is 2.01. The Bertz CT molecular complexity index is 326. The van der Waals surface area contributed by atoms with Crippen molar-refractivity contribution >= 4 is 23.2 Å². The largest absolute Gasteiger partial charge is 0.192 e. The van der Waals surface area contributed by atoms with E-state index >= 15 is 0 Å². The van der Waals surface area contributed by atoms with Crippen LogP contribution in [0, 0.1) is 18.3 Å². The molecule has 0 saturated carbocycles. The molecule has 1 nitrogen and oxygen atoms in total. The van der Waals surface area contributed by atoms with Crippen molar-refractivity contribution in [2.24, 2.45) is 0 Å². The predicted octanol–water partition coefficient (Wildman–Crippen LogP) is 3.17. The van der Waals surface area contributed by atoms with Crippen LogP contribution in [0.5, 0.6) is 0 Å². The van der Waals surface area contributed by atoms with E-state index in [0.717, 1.165) is 5.56 Å². The molecular weight excluding hydrogens is 181 g/mol. The van der Waals surface area contributed by atoms with Gasteiger partial charge in [0, 0.05) is 5.02 Å². The van der Waals surface area contributed by atoms with Crippen LogP contribution >= 0.6 is 23.2 Å². The number of hydrogen-bond donors (Lipinski definition) is 0. The van der Waals surface area contributed by atoms with Crippen LogP contribution in [-0.2, 0) is 0 Å². The molecule has 3 heteroatoms. The van der Waals surface area contributed by atoms with Gasteiger partial charge < -0.3 is 0 Å². The molecule has 0 aliphatic rings. The van der Waals surface area contributed by atoms with Gasteiger partial charge in [0.15, 0.2) is 0 Å². The van der Waals surface area contributed by atoms with Crippen LogP contribution in [-0.4, -0.2) is 0 Å². The van der Waals surface area contributed by atoms with Crippen molar-refractivity contribution in [2.75, 3.05) is 0 Å². The molecule has 56 valence electrons. The quantitative estimate of drug-likeness (QED) is 0.610. The van der Waals surface area contributed by atoms with E-state index in [9.17, 15) is 0 Å². The highest BCUT2D eigenvalue weighted by Gasteiger charge is 2.04. The van der Waals surface area contributed by atoms with Crippen LogP contribution in [0.25, 0.3) is 0 Å². The van der Waals surface area contributed by atoms with Crippen LogP contribution in [0.2, 0.25) is 10.0 Å². The lowest BCUT2D eigenvalue weighted by Gasteiger charge is -2.00. The third-order valence-corrected chi connectivity index (χ3v) is 2.34. The first-order valence-electron chi connectivity index (χ1n) is 3.01. The van der Waals surface area contributed by atoms with Crippen LogP contribution in [0.15, 0.2) is 12.1 Å². The molecule has 0 N–H and O–H groups in total. The third kappa shape index (κ3) is 1.48. The summed E-state index contributed by atoms with van der Waals surface area (Å²) in [6.07, 6.45) is 0. The Morgan fingerprint density at radius 2 is 2.00 bits per heavy atom. The van der Waals surface area contributed by atoms with Crippen molar-refractivity contribution in [3.63, 3.8) is 0 Å². The van der Waals surface area contributed by atoms with Crippen LogP contribution in [0.1, 0.15) is 11.1 Å². The Morgan fingerprint density at radius 1 is 1.36 bits per heavy atom. The molecule has 1 aromatic rings. The van der Waals surface area contributed by atoms with Crippen LogP contribution < -0.4 is 0 Å². The van der Waals surface area contributed by atoms with E-state index in [0.29, 0.717) is 15.6 Å². The van der Waals surface area contributed by atoms with Gasteiger partial charge in [0.1, 0.15) is 6.07 Å². The van der Waals surface area contributed by atoms with Gasteiger partial charge in [0.2, 0.25) is 0 Å². The molecule has 1 aromatic carbocycles. The molecule has 0 aliphatic heterocycles. The van der Waals surface area contributed by atoms with Gasteiger partial charge in [-0.2, -0.15) is 5.26 Å². The summed E-state index contributed by atoms with van der Waals surface area (Å²) < 4.78 is 0. The molecule has 0 saturated heterocycles. The van der Waals surface area contributed by atoms with Gasteiger partial charge in [-0.1, -0.05) is 23.2 Å². The van der Waals surface area contributed by atoms with Crippen molar-refractivity contribution in [2.45, 2.75) is 6.92 Å². The van der Waals surface area contributed by atoms with Crippen molar-refractivity contribution in [1.82, 2.24) is 0 Å². The van der Waals surface area contributed by atoms with Crippen LogP contribution in [0.3, 0.4) is 0 Å². The summed E-state index contributed by atoms with van der Waals surface area (Å²) in [7, 11) is 0. The average molecular weight is 186 g/mol. The minimum Gasteiger partial charge on any atom is -0.192 e. The summed E-state index contributed by atoms with van der Waals surface area (Å²) >= 11 is 11.5. The fourth-order valence-electron chi connectivity index (χ4n) is 0.748. The number of benzene rings is 1. The molecular formula is C8H5Cl2N. The Morgan fingerprint density at radius 3 is 2.55 bits per heavy atom. The standard InChI is InChI=1S/C8H5Cl2N/c1-5-7(9)3-2-6(4-11)8(5)10/h2-3H,1H3. The minimum atomic E-state index is 0.444. The first-order chi connectivity index (χ1) is 5.16. The van der Waals surface area contributed by atoms with E-state index in [1.54, 1.807) is 19.1 Å². The summed E-state index contributed by atoms with van der Waals surface area (Å²) in [4.78, 5) is 0. The SMILES string of the molecule is Cc1c(Cl)ccc(C#N)c1Cl. The lowest BCUT2D eigenvalue weighted by atomic mass is 10.1. The fraction of sp³-hybridized carbons (Fsp3) is 0.125. The monoisotopic (exact) mass is 185 g/mol. The molecule has 0 atom stereocenters. The van der Waals surface area contributed by atoms with E-state index in [4.69, 9.17) is 28.5 Å². The molecule has 0 aromatic heterocycles. The van der Waals surface area contributed by atoms with Gasteiger partial charge in [-0.05, 0) is 24.6 Å². The summed E-state index contributed by atoms with van der Waals surface area (Å²) in [5.41, 5.74) is 1.22. The number of nitrogens with zero attached hydrogens (tertiary/aromatic N) is 1. The van der Waals surface area contributed by atoms with E-state index in [2.05, 4.69) is 0 Å². The van der Waals surface area contributed by atoms with E-state index in [1.807, 2.05) is 6.07 Å². The molecule has 0 amide bonds. The maximum absolute atomic E-state index is 8.56. The lowest BCUT2D eigenvalue weighted by Crippen LogP contribution is -1.82. The Balaban J connectivity index is 3.40. The maximum atomic E-state index is 8.56. The summed E-state index contributed by atoms with van der Waals surface area (Å²) in [5, 5.41) is 9.59. The van der Waals surface area contributed by atoms with Crippen molar-refractivity contribution in [1.29, 1.82) is 5.26 Å². The summed E-state index contributed by atoms with van der Waals surface area (Å²) in [6.45, 7) is 1.78. The highest BCUT2D eigenvalue weighted by atomic mass is 35.5. The zero-order valence-electron chi connectivity index (χ0n) is 5.86. The van der Waals surface area contributed by atoms with Gasteiger partial charge in [0.05, 0.1) is 10.6 Å². The van der Waals surface area contributed by atoms with Crippen molar-refractivity contribution in [3.05, 3.63) is 33.3 Å². The van der Waals surface area contributed by atoms with Gasteiger partial charge in [-0.3, -0.25) is 0 Å². The first-order valence-corrected chi connectivity index (χ1v) is 3.77. The zero-order valence-corrected chi connectivity index (χ0v) is 7.37. The molecule has 0 heterocycles. The number of nitriles is 1. The molecule has 0 bridgehead atoms. The molecule has 1 rings (SSSR count). The number of halogens is 2. The maximum Gasteiger partial charge on any atom is 0.101 e. The molecule has 0 unspecified atom stereocenters. The van der Waals surface area contributed by atoms with E-state index < -0.39 is 0 Å². The number of hydrogen-bond acceptors (Lipinski definition) is 1. The number of rotatable bonds is 0. The highest BCUT2D eigenvalue weighted by Crippen LogP contribution is 2.26. The van der Waals surface area contributed by atoms with Crippen molar-refractivity contribution < 1.29 is 0 Å². The summed E-state index contributed by atoms with van der Waals surface area (Å²) in [6, 6.07) is 5.25. The molecule has 0 spiro atoms. The summed E-state index contributed by atoms with van der Waals surface area (Å²) in [5.74, 6) is 0. The second-order valence-electron chi connectivity index (χ2n) is 2.15. The van der Waals surface area contributed by atoms with E-state index in [-0.39, 0.29) is 0 Å². The van der Waals surface area contributed by atoms with Crippen molar-refractivity contribution in [3.8, 4) is 6.07 Å². The second-order valence-corrected chi connectivity index (χ2v) is 2.93. The Kier molecular flexibility index (Phi) is 2.38. The first kappa shape index (κ1) is 8.39. The van der Waals surface area contributed by atoms with Gasteiger partial charge in [-0.15, -0.1) is 0 Å². The Labute approximate surface area is 75.2 Å². The predicted molar refractivity (Wildman–Crippen MR) is 45.9 cm³/mol. The topological polar surface area (TPSA) is 23.8 Å². The van der Waals surface area contributed by atoms with Gasteiger partial charge >= 0.3 is 0 Å². The Hall–Kier alpha value is -0.710. The smallest absolute Gasteiger partial charge is 0.101 e. The minimum absolute atomic E-state index is 0.444. The normalized spacial score (nSPS) is 9.27. The fourth-order valence-corrected chi connectivity index (χ4v) is 1.16. The molecule has 11 heavy (non-hydrogen) atoms.